The van der Waals surface area contributed by atoms with Gasteiger partial charge in [0, 0.05) is 17.3 Å². The van der Waals surface area contributed by atoms with Crippen molar-refractivity contribution in [3.8, 4) is 17.2 Å². The lowest BCUT2D eigenvalue weighted by Crippen LogP contribution is -2.16. The van der Waals surface area contributed by atoms with Gasteiger partial charge in [0.05, 0.1) is 7.11 Å². The fourth-order valence-electron chi connectivity index (χ4n) is 2.29. The Morgan fingerprint density at radius 2 is 1.86 bits per heavy atom. The predicted octanol–water partition coefficient (Wildman–Crippen LogP) is 3.03. The van der Waals surface area contributed by atoms with Crippen LogP contribution < -0.4 is 19.5 Å². The highest BCUT2D eigenvalue weighted by Crippen LogP contribution is 2.32. The molecule has 0 spiro atoms. The normalized spacial score (nSPS) is 12.6. The molecule has 2 aromatic carbocycles. The summed E-state index contributed by atoms with van der Waals surface area (Å²) in [5.74, 6) is 1.83. The summed E-state index contributed by atoms with van der Waals surface area (Å²) in [6.07, 6.45) is 0. The number of nitrogens with one attached hydrogen (secondary N) is 1. The average Bonchev–Trinajstić information content (AvgIpc) is 2.55. The molecule has 0 atom stereocenters. The van der Waals surface area contributed by atoms with Crippen molar-refractivity contribution in [2.75, 3.05) is 25.6 Å². The highest BCUT2D eigenvalue weighted by Gasteiger charge is 2.14. The molecule has 0 fully saturated rings. The van der Waals surface area contributed by atoms with Gasteiger partial charge >= 0.3 is 0 Å². The van der Waals surface area contributed by atoms with Crippen LogP contribution in [0.15, 0.2) is 36.4 Å². The van der Waals surface area contributed by atoms with Crippen molar-refractivity contribution in [1.29, 1.82) is 0 Å². The first-order valence-corrected chi connectivity index (χ1v) is 7.03. The number of anilines is 1. The van der Waals surface area contributed by atoms with E-state index < -0.39 is 0 Å². The van der Waals surface area contributed by atoms with Crippen LogP contribution in [-0.4, -0.2) is 26.2 Å². The number of carbonyl (C=O) groups is 1. The summed E-state index contributed by atoms with van der Waals surface area (Å²) in [6.45, 7) is 2.99. The maximum Gasteiger partial charge on any atom is 0.255 e. The number of benzene rings is 2. The molecule has 3 rings (SSSR count). The first-order valence-electron chi connectivity index (χ1n) is 7.03. The molecule has 22 heavy (non-hydrogen) atoms. The molecule has 0 aliphatic carbocycles. The van der Waals surface area contributed by atoms with Crippen molar-refractivity contribution in [2.24, 2.45) is 0 Å². The van der Waals surface area contributed by atoms with Crippen LogP contribution in [0.4, 0.5) is 5.69 Å². The van der Waals surface area contributed by atoms with Crippen LogP contribution in [0.3, 0.4) is 0 Å². The number of amides is 1. The Morgan fingerprint density at radius 1 is 1.09 bits per heavy atom. The number of fused-ring (bicyclic) bond motifs is 1. The summed E-state index contributed by atoms with van der Waals surface area (Å²) in [5.41, 5.74) is 2.18. The van der Waals surface area contributed by atoms with Crippen molar-refractivity contribution < 1.29 is 19.0 Å². The molecule has 2 aromatic rings. The minimum atomic E-state index is -0.199. The molecule has 0 saturated carbocycles. The van der Waals surface area contributed by atoms with Crippen molar-refractivity contribution in [3.63, 3.8) is 0 Å². The third kappa shape index (κ3) is 2.83. The SMILES string of the molecule is COc1cc(C(=O)Nc2ccc3c(c2)OCCO3)ccc1C. The maximum absolute atomic E-state index is 12.3. The van der Waals surface area contributed by atoms with Crippen LogP contribution >= 0.6 is 0 Å². The molecule has 1 aliphatic rings. The summed E-state index contributed by atoms with van der Waals surface area (Å²) in [4.78, 5) is 12.3. The van der Waals surface area contributed by atoms with Gasteiger partial charge in [0.15, 0.2) is 11.5 Å². The minimum Gasteiger partial charge on any atom is -0.496 e. The quantitative estimate of drug-likeness (QED) is 0.946. The van der Waals surface area contributed by atoms with Gasteiger partial charge in [0.1, 0.15) is 19.0 Å². The molecule has 0 unspecified atom stereocenters. The third-order valence-electron chi connectivity index (χ3n) is 3.47. The molecule has 1 aliphatic heterocycles. The summed E-state index contributed by atoms with van der Waals surface area (Å²) in [6, 6.07) is 10.7. The standard InChI is InChI=1S/C17H17NO4/c1-11-3-4-12(9-15(11)20-2)17(19)18-13-5-6-14-16(10-13)22-8-7-21-14/h3-6,9-10H,7-8H2,1-2H3,(H,18,19). The van der Waals surface area contributed by atoms with Crippen molar-refractivity contribution in [3.05, 3.63) is 47.5 Å². The fraction of sp³-hybridized carbons (Fsp3) is 0.235. The molecule has 114 valence electrons. The van der Waals surface area contributed by atoms with E-state index in [1.54, 1.807) is 37.4 Å². The average molecular weight is 299 g/mol. The van der Waals surface area contributed by atoms with Crippen LogP contribution in [0.1, 0.15) is 15.9 Å². The summed E-state index contributed by atoms with van der Waals surface area (Å²) < 4.78 is 16.2. The van der Waals surface area contributed by atoms with Gasteiger partial charge in [-0.15, -0.1) is 0 Å². The number of aryl methyl sites for hydroxylation is 1. The monoisotopic (exact) mass is 299 g/mol. The Hall–Kier alpha value is -2.69. The van der Waals surface area contributed by atoms with E-state index in [0.29, 0.717) is 41.7 Å². The second kappa shape index (κ2) is 5.97. The third-order valence-corrected chi connectivity index (χ3v) is 3.47. The number of ether oxygens (including phenoxy) is 3. The Morgan fingerprint density at radius 3 is 2.64 bits per heavy atom. The smallest absolute Gasteiger partial charge is 0.255 e. The Labute approximate surface area is 128 Å². The first kappa shape index (κ1) is 14.3. The molecule has 0 saturated heterocycles. The lowest BCUT2D eigenvalue weighted by Gasteiger charge is -2.19. The van der Waals surface area contributed by atoms with Gasteiger partial charge in [-0.25, -0.2) is 0 Å². The molecule has 0 aromatic heterocycles. The van der Waals surface area contributed by atoms with Gasteiger partial charge < -0.3 is 19.5 Å². The summed E-state index contributed by atoms with van der Waals surface area (Å²) >= 11 is 0. The molecule has 1 amide bonds. The molecular formula is C17H17NO4. The van der Waals surface area contributed by atoms with Crippen LogP contribution in [0, 0.1) is 6.92 Å². The zero-order chi connectivity index (χ0) is 15.5. The Bertz CT molecular complexity index is 712. The van der Waals surface area contributed by atoms with Crippen molar-refractivity contribution >= 4 is 11.6 Å². The number of rotatable bonds is 3. The van der Waals surface area contributed by atoms with Gasteiger partial charge in [-0.3, -0.25) is 4.79 Å². The second-order valence-corrected chi connectivity index (χ2v) is 5.00. The number of hydrogen-bond donors (Lipinski definition) is 1. The zero-order valence-corrected chi connectivity index (χ0v) is 12.5. The lowest BCUT2D eigenvalue weighted by molar-refractivity contribution is 0.102. The molecule has 5 nitrogen and oxygen atoms in total. The number of carbonyl (C=O) groups excluding carboxylic acids is 1. The predicted molar refractivity (Wildman–Crippen MR) is 83.1 cm³/mol. The molecule has 1 N–H and O–H groups in total. The second-order valence-electron chi connectivity index (χ2n) is 5.00. The molecule has 0 bridgehead atoms. The van der Waals surface area contributed by atoms with E-state index in [2.05, 4.69) is 5.32 Å². The summed E-state index contributed by atoms with van der Waals surface area (Å²) in [5, 5.41) is 2.85. The molecular weight excluding hydrogens is 282 g/mol. The molecule has 5 heteroatoms. The maximum atomic E-state index is 12.3. The van der Waals surface area contributed by atoms with E-state index in [0.717, 1.165) is 5.56 Å². The highest BCUT2D eigenvalue weighted by molar-refractivity contribution is 6.04. The van der Waals surface area contributed by atoms with E-state index >= 15 is 0 Å². The largest absolute Gasteiger partial charge is 0.496 e. The number of hydrogen-bond acceptors (Lipinski definition) is 4. The van der Waals surface area contributed by atoms with E-state index in [9.17, 15) is 4.79 Å². The fourth-order valence-corrected chi connectivity index (χ4v) is 2.29. The van der Waals surface area contributed by atoms with Gasteiger partial charge in [-0.05, 0) is 36.8 Å². The molecule has 1 heterocycles. The van der Waals surface area contributed by atoms with Crippen molar-refractivity contribution in [2.45, 2.75) is 6.92 Å². The number of methoxy groups -OCH3 is 1. The molecule has 0 radical (unpaired) electrons. The summed E-state index contributed by atoms with van der Waals surface area (Å²) in [7, 11) is 1.59. The first-order chi connectivity index (χ1) is 10.7. The van der Waals surface area contributed by atoms with Gasteiger partial charge in [-0.2, -0.15) is 0 Å². The van der Waals surface area contributed by atoms with E-state index in [4.69, 9.17) is 14.2 Å². The minimum absolute atomic E-state index is 0.199. The highest BCUT2D eigenvalue weighted by atomic mass is 16.6. The van der Waals surface area contributed by atoms with E-state index in [1.165, 1.54) is 0 Å². The zero-order valence-electron chi connectivity index (χ0n) is 12.5. The van der Waals surface area contributed by atoms with Gasteiger partial charge in [0.2, 0.25) is 0 Å². The van der Waals surface area contributed by atoms with Crippen LogP contribution in [0.5, 0.6) is 17.2 Å². The Balaban J connectivity index is 1.79. The van der Waals surface area contributed by atoms with E-state index in [1.807, 2.05) is 13.0 Å². The Kier molecular flexibility index (Phi) is 3.87. The van der Waals surface area contributed by atoms with Crippen LogP contribution in [-0.2, 0) is 0 Å². The van der Waals surface area contributed by atoms with Crippen LogP contribution in [0.2, 0.25) is 0 Å². The topological polar surface area (TPSA) is 56.8 Å². The lowest BCUT2D eigenvalue weighted by atomic mass is 10.1. The van der Waals surface area contributed by atoms with Gasteiger partial charge in [-0.1, -0.05) is 6.07 Å². The van der Waals surface area contributed by atoms with E-state index in [-0.39, 0.29) is 5.91 Å². The van der Waals surface area contributed by atoms with Crippen molar-refractivity contribution in [1.82, 2.24) is 0 Å². The van der Waals surface area contributed by atoms with Gasteiger partial charge in [0.25, 0.3) is 5.91 Å². The van der Waals surface area contributed by atoms with Crippen LogP contribution in [0.25, 0.3) is 0 Å².